The van der Waals surface area contributed by atoms with Crippen molar-refractivity contribution in [2.45, 2.75) is 58.9 Å². The average molecular weight is 300 g/mol. The summed E-state index contributed by atoms with van der Waals surface area (Å²) in [5.74, 6) is 0. The molecule has 6 heteroatoms. The first-order valence-corrected chi connectivity index (χ1v) is 6.89. The lowest BCUT2D eigenvalue weighted by atomic mass is 9.76. The Morgan fingerprint density at radius 2 is 1.29 bits per heavy atom. The number of rotatable bonds is 1. The third kappa shape index (κ3) is 2.83. The van der Waals surface area contributed by atoms with Crippen molar-refractivity contribution < 1.29 is 22.5 Å². The number of aryl methyl sites for hydroxylation is 2. The van der Waals surface area contributed by atoms with E-state index in [-0.39, 0.29) is 11.1 Å². The van der Waals surface area contributed by atoms with Gasteiger partial charge in [0, 0.05) is 0 Å². The van der Waals surface area contributed by atoms with Crippen molar-refractivity contribution in [2.75, 3.05) is 0 Å². The largest absolute Gasteiger partial charge is 0.494 e. The van der Waals surface area contributed by atoms with Gasteiger partial charge in [-0.05, 0) is 58.1 Å². The average Bonchev–Trinajstić information content (AvgIpc) is 2.44. The fraction of sp³-hybridized carbons (Fsp3) is 0.600. The molecular formula is C15H20BF3O2. The SMILES string of the molecule is Cc1cc(B2OC(C)(C)C(C)(C)O2)cc(C)c1C(F)(F)F. The molecule has 0 saturated carbocycles. The van der Waals surface area contributed by atoms with Crippen LogP contribution >= 0.6 is 0 Å². The fourth-order valence-electron chi connectivity index (χ4n) is 2.56. The highest BCUT2D eigenvalue weighted by Gasteiger charge is 2.52. The minimum atomic E-state index is -4.34. The van der Waals surface area contributed by atoms with Crippen molar-refractivity contribution in [2.24, 2.45) is 0 Å². The molecule has 1 aliphatic rings. The summed E-state index contributed by atoms with van der Waals surface area (Å²) in [5.41, 5.74) is -0.608. The van der Waals surface area contributed by atoms with Gasteiger partial charge in [-0.3, -0.25) is 0 Å². The lowest BCUT2D eigenvalue weighted by molar-refractivity contribution is -0.138. The third-order valence-electron chi connectivity index (χ3n) is 4.36. The highest BCUT2D eigenvalue weighted by molar-refractivity contribution is 6.62. The van der Waals surface area contributed by atoms with Crippen molar-refractivity contribution in [3.05, 3.63) is 28.8 Å². The Balaban J connectivity index is 2.41. The first kappa shape index (κ1) is 16.4. The summed E-state index contributed by atoms with van der Waals surface area (Å²) < 4.78 is 50.8. The van der Waals surface area contributed by atoms with E-state index in [0.717, 1.165) is 0 Å². The van der Waals surface area contributed by atoms with Crippen LogP contribution in [-0.4, -0.2) is 18.3 Å². The molecule has 2 nitrogen and oxygen atoms in total. The van der Waals surface area contributed by atoms with Gasteiger partial charge in [-0.25, -0.2) is 0 Å². The molecular weight excluding hydrogens is 280 g/mol. The Labute approximate surface area is 123 Å². The molecule has 116 valence electrons. The van der Waals surface area contributed by atoms with Crippen molar-refractivity contribution in [1.29, 1.82) is 0 Å². The Morgan fingerprint density at radius 1 is 0.905 bits per heavy atom. The zero-order chi connectivity index (χ0) is 16.2. The molecule has 1 aromatic rings. The predicted molar refractivity (Wildman–Crippen MR) is 76.6 cm³/mol. The Kier molecular flexibility index (Phi) is 3.70. The summed E-state index contributed by atoms with van der Waals surface area (Å²) in [6.07, 6.45) is -4.34. The van der Waals surface area contributed by atoms with Gasteiger partial charge in [-0.1, -0.05) is 12.1 Å². The van der Waals surface area contributed by atoms with Crippen molar-refractivity contribution in [1.82, 2.24) is 0 Å². The zero-order valence-corrected chi connectivity index (χ0v) is 13.2. The fourth-order valence-corrected chi connectivity index (χ4v) is 2.56. The molecule has 0 amide bonds. The van der Waals surface area contributed by atoms with Crippen LogP contribution in [0, 0.1) is 13.8 Å². The first-order valence-electron chi connectivity index (χ1n) is 6.89. The maximum Gasteiger partial charge on any atom is 0.494 e. The molecule has 0 N–H and O–H groups in total. The quantitative estimate of drug-likeness (QED) is 0.738. The highest BCUT2D eigenvalue weighted by atomic mass is 19.4. The Hall–Kier alpha value is -1.01. The van der Waals surface area contributed by atoms with Gasteiger partial charge in [0.15, 0.2) is 0 Å². The van der Waals surface area contributed by atoms with E-state index >= 15 is 0 Å². The summed E-state index contributed by atoms with van der Waals surface area (Å²) in [6, 6.07) is 3.00. The predicted octanol–water partition coefficient (Wildman–Crippen LogP) is 3.62. The van der Waals surface area contributed by atoms with Crippen molar-refractivity contribution >= 4 is 12.6 Å². The molecule has 0 unspecified atom stereocenters. The molecule has 0 aliphatic carbocycles. The maximum atomic E-state index is 13.0. The van der Waals surface area contributed by atoms with E-state index in [1.165, 1.54) is 26.0 Å². The minimum Gasteiger partial charge on any atom is -0.399 e. The number of halogens is 3. The normalized spacial score (nSPS) is 20.9. The standard InChI is InChI=1S/C15H20BF3O2/c1-9-7-11(8-10(2)12(9)15(17,18)19)16-20-13(3,4)14(5,6)21-16/h7-8H,1-6H3. The molecule has 0 atom stereocenters. The Bertz CT molecular complexity index is 526. The van der Waals surface area contributed by atoms with Crippen LogP contribution in [0.2, 0.25) is 0 Å². The monoisotopic (exact) mass is 300 g/mol. The van der Waals surface area contributed by atoms with E-state index in [9.17, 15) is 13.2 Å². The number of alkyl halides is 3. The molecule has 1 saturated heterocycles. The summed E-state index contributed by atoms with van der Waals surface area (Å²) in [4.78, 5) is 0. The first-order chi connectivity index (χ1) is 9.35. The van der Waals surface area contributed by atoms with Crippen molar-refractivity contribution in [3.8, 4) is 0 Å². The minimum absolute atomic E-state index is 0.187. The molecule has 0 spiro atoms. The van der Waals surface area contributed by atoms with E-state index in [1.54, 1.807) is 0 Å². The topological polar surface area (TPSA) is 18.5 Å². The van der Waals surface area contributed by atoms with Gasteiger partial charge in [0.05, 0.1) is 16.8 Å². The molecule has 0 bridgehead atoms. The van der Waals surface area contributed by atoms with E-state index in [0.29, 0.717) is 5.46 Å². The van der Waals surface area contributed by atoms with E-state index in [1.807, 2.05) is 27.7 Å². The van der Waals surface area contributed by atoms with E-state index < -0.39 is 30.1 Å². The van der Waals surface area contributed by atoms with Crippen LogP contribution in [0.25, 0.3) is 0 Å². The number of hydrogen-bond donors (Lipinski definition) is 0. The van der Waals surface area contributed by atoms with Gasteiger partial charge in [0.2, 0.25) is 0 Å². The Morgan fingerprint density at radius 3 is 1.62 bits per heavy atom. The van der Waals surface area contributed by atoms with Crippen LogP contribution in [-0.2, 0) is 15.5 Å². The smallest absolute Gasteiger partial charge is 0.399 e. The summed E-state index contributed by atoms with van der Waals surface area (Å²) in [5, 5.41) is 0. The van der Waals surface area contributed by atoms with Gasteiger partial charge in [0.25, 0.3) is 0 Å². The van der Waals surface area contributed by atoms with Gasteiger partial charge in [-0.2, -0.15) is 13.2 Å². The lowest BCUT2D eigenvalue weighted by Crippen LogP contribution is -2.41. The molecule has 0 radical (unpaired) electrons. The highest BCUT2D eigenvalue weighted by Crippen LogP contribution is 2.38. The molecule has 1 heterocycles. The maximum absolute atomic E-state index is 13.0. The number of hydrogen-bond acceptors (Lipinski definition) is 2. The molecule has 1 fully saturated rings. The zero-order valence-electron chi connectivity index (χ0n) is 13.2. The van der Waals surface area contributed by atoms with Gasteiger partial charge >= 0.3 is 13.3 Å². The van der Waals surface area contributed by atoms with Crippen LogP contribution < -0.4 is 5.46 Å². The molecule has 1 aromatic carbocycles. The second-order valence-corrected chi connectivity index (χ2v) is 6.62. The summed E-state index contributed by atoms with van der Waals surface area (Å²) in [6.45, 7) is 10.6. The third-order valence-corrected chi connectivity index (χ3v) is 4.36. The van der Waals surface area contributed by atoms with Gasteiger partial charge < -0.3 is 9.31 Å². The van der Waals surface area contributed by atoms with Crippen LogP contribution in [0.3, 0.4) is 0 Å². The van der Waals surface area contributed by atoms with Gasteiger partial charge in [0.1, 0.15) is 0 Å². The van der Waals surface area contributed by atoms with Crippen molar-refractivity contribution in [3.63, 3.8) is 0 Å². The van der Waals surface area contributed by atoms with E-state index in [4.69, 9.17) is 9.31 Å². The van der Waals surface area contributed by atoms with Crippen LogP contribution in [0.1, 0.15) is 44.4 Å². The lowest BCUT2D eigenvalue weighted by Gasteiger charge is -2.32. The second kappa shape index (κ2) is 4.75. The van der Waals surface area contributed by atoms with Crippen LogP contribution in [0.15, 0.2) is 12.1 Å². The van der Waals surface area contributed by atoms with Gasteiger partial charge in [-0.15, -0.1) is 0 Å². The molecule has 1 aliphatic heterocycles. The van der Waals surface area contributed by atoms with Crippen LogP contribution in [0.5, 0.6) is 0 Å². The van der Waals surface area contributed by atoms with Crippen LogP contribution in [0.4, 0.5) is 13.2 Å². The summed E-state index contributed by atoms with van der Waals surface area (Å²) >= 11 is 0. The molecule has 21 heavy (non-hydrogen) atoms. The summed E-state index contributed by atoms with van der Waals surface area (Å²) in [7, 11) is -0.644. The van der Waals surface area contributed by atoms with E-state index in [2.05, 4.69) is 0 Å². The molecule has 0 aromatic heterocycles. The second-order valence-electron chi connectivity index (χ2n) is 6.62. The number of benzene rings is 1. The molecule has 2 rings (SSSR count).